The molecule has 0 aromatic heterocycles. The van der Waals surface area contributed by atoms with Gasteiger partial charge >= 0.3 is 0 Å². The fourth-order valence-electron chi connectivity index (χ4n) is 1.94. The Bertz CT molecular complexity index is 648. The van der Waals surface area contributed by atoms with Crippen molar-refractivity contribution in [1.29, 1.82) is 0 Å². The van der Waals surface area contributed by atoms with Crippen molar-refractivity contribution in [3.8, 4) is 0 Å². The first-order valence-corrected chi connectivity index (χ1v) is 6.10. The topological polar surface area (TPSA) is 72.2 Å². The minimum Gasteiger partial charge on any atom is -0.324 e. The summed E-state index contributed by atoms with van der Waals surface area (Å²) in [6.07, 6.45) is 0. The fourth-order valence-corrected chi connectivity index (χ4v) is 1.94. The lowest BCUT2D eigenvalue weighted by atomic mass is 10.0. The van der Waals surface area contributed by atoms with Crippen LogP contribution in [0.2, 0.25) is 0 Å². The van der Waals surface area contributed by atoms with Gasteiger partial charge in [0.05, 0.1) is 11.7 Å². The van der Waals surface area contributed by atoms with Crippen molar-refractivity contribution in [3.63, 3.8) is 0 Å². The largest absolute Gasteiger partial charge is 0.324 e. The number of fused-ring (bicyclic) bond motifs is 1. The predicted octanol–water partition coefficient (Wildman–Crippen LogP) is 2.33. The second-order valence-electron chi connectivity index (χ2n) is 4.54. The number of carbonyl (C=O) groups excluding carboxylic acids is 2. The van der Waals surface area contributed by atoms with Crippen LogP contribution in [0.5, 0.6) is 0 Å². The smallest absolute Gasteiger partial charge is 0.241 e. The maximum atomic E-state index is 11.8. The van der Waals surface area contributed by atoms with E-state index in [0.29, 0.717) is 11.3 Å². The standard InChI is InChI=1S/C15H16N2O2/c1-9(16)15(19)17-14-12(10(2)18)8-7-11-5-3-4-6-13(11)14/h3-9H,16H2,1-2H3,(H,17,19). The van der Waals surface area contributed by atoms with Gasteiger partial charge < -0.3 is 11.1 Å². The molecule has 98 valence electrons. The summed E-state index contributed by atoms with van der Waals surface area (Å²) in [4.78, 5) is 23.5. The number of nitrogens with one attached hydrogen (secondary N) is 1. The molecule has 1 unspecified atom stereocenters. The summed E-state index contributed by atoms with van der Waals surface area (Å²) >= 11 is 0. The fraction of sp³-hybridized carbons (Fsp3) is 0.200. The molecule has 0 saturated carbocycles. The minimum absolute atomic E-state index is 0.0919. The first-order valence-electron chi connectivity index (χ1n) is 6.10. The zero-order valence-corrected chi connectivity index (χ0v) is 10.9. The first-order chi connectivity index (χ1) is 9.00. The quantitative estimate of drug-likeness (QED) is 0.828. The average Bonchev–Trinajstić information content (AvgIpc) is 2.38. The summed E-state index contributed by atoms with van der Waals surface area (Å²) in [5, 5.41) is 4.55. The number of hydrogen-bond donors (Lipinski definition) is 2. The molecule has 0 aliphatic rings. The van der Waals surface area contributed by atoms with Gasteiger partial charge in [0.15, 0.2) is 5.78 Å². The van der Waals surface area contributed by atoms with E-state index in [1.54, 1.807) is 13.0 Å². The Labute approximate surface area is 111 Å². The van der Waals surface area contributed by atoms with Crippen molar-refractivity contribution in [2.75, 3.05) is 5.32 Å². The first kappa shape index (κ1) is 13.2. The molecule has 4 nitrogen and oxygen atoms in total. The van der Waals surface area contributed by atoms with Gasteiger partial charge in [0.2, 0.25) is 5.91 Å². The number of carbonyl (C=O) groups is 2. The van der Waals surface area contributed by atoms with E-state index in [1.807, 2.05) is 30.3 Å². The Hall–Kier alpha value is -2.20. The maximum absolute atomic E-state index is 11.8. The van der Waals surface area contributed by atoms with Crippen LogP contribution < -0.4 is 11.1 Å². The van der Waals surface area contributed by atoms with E-state index in [9.17, 15) is 9.59 Å². The molecule has 19 heavy (non-hydrogen) atoms. The molecule has 4 heteroatoms. The van der Waals surface area contributed by atoms with Crippen LogP contribution in [0.25, 0.3) is 10.8 Å². The zero-order chi connectivity index (χ0) is 14.0. The number of Topliss-reactive ketones (excluding diaryl/α,β-unsaturated/α-hetero) is 1. The number of hydrogen-bond acceptors (Lipinski definition) is 3. The summed E-state index contributed by atoms with van der Waals surface area (Å²) in [6, 6.07) is 10.5. The second-order valence-corrected chi connectivity index (χ2v) is 4.54. The minimum atomic E-state index is -0.626. The lowest BCUT2D eigenvalue weighted by Crippen LogP contribution is -2.33. The highest BCUT2D eigenvalue weighted by atomic mass is 16.2. The van der Waals surface area contributed by atoms with E-state index in [-0.39, 0.29) is 11.7 Å². The Morgan fingerprint density at radius 3 is 2.47 bits per heavy atom. The van der Waals surface area contributed by atoms with E-state index in [0.717, 1.165) is 10.8 Å². The van der Waals surface area contributed by atoms with Crippen molar-refractivity contribution in [2.45, 2.75) is 19.9 Å². The third-order valence-corrected chi connectivity index (χ3v) is 2.97. The van der Waals surface area contributed by atoms with Crippen LogP contribution in [0.3, 0.4) is 0 Å². The monoisotopic (exact) mass is 256 g/mol. The van der Waals surface area contributed by atoms with Crippen molar-refractivity contribution in [1.82, 2.24) is 0 Å². The molecule has 0 saturated heterocycles. The third kappa shape index (κ3) is 2.63. The lowest BCUT2D eigenvalue weighted by Gasteiger charge is -2.14. The summed E-state index contributed by atoms with van der Waals surface area (Å²) in [5.41, 5.74) is 6.59. The molecule has 0 fully saturated rings. The van der Waals surface area contributed by atoms with Crippen LogP contribution in [0.1, 0.15) is 24.2 Å². The van der Waals surface area contributed by atoms with Crippen molar-refractivity contribution in [3.05, 3.63) is 42.0 Å². The zero-order valence-electron chi connectivity index (χ0n) is 10.9. The van der Waals surface area contributed by atoms with Gasteiger partial charge in [0, 0.05) is 10.9 Å². The van der Waals surface area contributed by atoms with Gasteiger partial charge in [-0.25, -0.2) is 0 Å². The molecule has 2 aromatic rings. The van der Waals surface area contributed by atoms with E-state index >= 15 is 0 Å². The number of ketones is 1. The van der Waals surface area contributed by atoms with Gasteiger partial charge in [-0.2, -0.15) is 0 Å². The predicted molar refractivity (Wildman–Crippen MR) is 76.2 cm³/mol. The molecule has 1 atom stereocenters. The molecule has 0 aliphatic heterocycles. The maximum Gasteiger partial charge on any atom is 0.241 e. The van der Waals surface area contributed by atoms with Crippen molar-refractivity contribution < 1.29 is 9.59 Å². The normalized spacial score (nSPS) is 12.2. The highest BCUT2D eigenvalue weighted by Gasteiger charge is 2.15. The second kappa shape index (κ2) is 5.20. The van der Waals surface area contributed by atoms with Crippen LogP contribution in [-0.2, 0) is 4.79 Å². The van der Waals surface area contributed by atoms with Crippen LogP contribution in [0.15, 0.2) is 36.4 Å². The SMILES string of the molecule is CC(=O)c1ccc2ccccc2c1NC(=O)C(C)N. The van der Waals surface area contributed by atoms with Crippen LogP contribution in [-0.4, -0.2) is 17.7 Å². The Balaban J connectivity index is 2.62. The van der Waals surface area contributed by atoms with E-state index < -0.39 is 6.04 Å². The van der Waals surface area contributed by atoms with E-state index in [4.69, 9.17) is 5.73 Å². The van der Waals surface area contributed by atoms with Gasteiger partial charge in [0.25, 0.3) is 0 Å². The average molecular weight is 256 g/mol. The molecule has 0 spiro atoms. The van der Waals surface area contributed by atoms with E-state index in [2.05, 4.69) is 5.32 Å². The summed E-state index contributed by atoms with van der Waals surface area (Å²) in [7, 11) is 0. The number of nitrogens with two attached hydrogens (primary N) is 1. The lowest BCUT2D eigenvalue weighted by molar-refractivity contribution is -0.117. The molecule has 0 radical (unpaired) electrons. The number of anilines is 1. The van der Waals surface area contributed by atoms with Crippen molar-refractivity contribution >= 4 is 28.2 Å². The van der Waals surface area contributed by atoms with Crippen LogP contribution in [0, 0.1) is 0 Å². The molecule has 3 N–H and O–H groups in total. The van der Waals surface area contributed by atoms with Gasteiger partial charge in [-0.15, -0.1) is 0 Å². The van der Waals surface area contributed by atoms with Gasteiger partial charge in [-0.05, 0) is 25.3 Å². The highest BCUT2D eigenvalue weighted by molar-refractivity contribution is 6.13. The summed E-state index contributed by atoms with van der Waals surface area (Å²) < 4.78 is 0. The summed E-state index contributed by atoms with van der Waals surface area (Å²) in [5.74, 6) is -0.399. The van der Waals surface area contributed by atoms with E-state index in [1.165, 1.54) is 6.92 Å². The Morgan fingerprint density at radius 1 is 1.16 bits per heavy atom. The molecular weight excluding hydrogens is 240 g/mol. The molecule has 1 amide bonds. The van der Waals surface area contributed by atoms with Gasteiger partial charge in [-0.1, -0.05) is 30.3 Å². The molecule has 2 aromatic carbocycles. The Kier molecular flexibility index (Phi) is 3.62. The third-order valence-electron chi connectivity index (χ3n) is 2.97. The molecule has 0 bridgehead atoms. The molecule has 0 aliphatic carbocycles. The molecular formula is C15H16N2O2. The number of amides is 1. The van der Waals surface area contributed by atoms with Crippen LogP contribution in [0.4, 0.5) is 5.69 Å². The summed E-state index contributed by atoms with van der Waals surface area (Å²) in [6.45, 7) is 3.08. The van der Waals surface area contributed by atoms with Gasteiger partial charge in [-0.3, -0.25) is 9.59 Å². The molecule has 2 rings (SSSR count). The van der Waals surface area contributed by atoms with Crippen molar-refractivity contribution in [2.24, 2.45) is 5.73 Å². The molecule has 0 heterocycles. The number of rotatable bonds is 3. The van der Waals surface area contributed by atoms with Crippen LogP contribution >= 0.6 is 0 Å². The highest BCUT2D eigenvalue weighted by Crippen LogP contribution is 2.28. The van der Waals surface area contributed by atoms with Gasteiger partial charge in [0.1, 0.15) is 0 Å². The number of benzene rings is 2. The Morgan fingerprint density at radius 2 is 1.84 bits per heavy atom.